The molecule has 0 N–H and O–H groups in total. The van der Waals surface area contributed by atoms with Gasteiger partial charge in [0.2, 0.25) is 0 Å². The number of nitrogens with zero attached hydrogens (tertiary/aromatic N) is 3. The topological polar surface area (TPSA) is 118 Å². The summed E-state index contributed by atoms with van der Waals surface area (Å²) in [5.41, 5.74) is 3.17. The predicted octanol–water partition coefficient (Wildman–Crippen LogP) is 4.98. The number of thioether (sulfide) groups is 2. The number of nitro groups is 1. The maximum atomic E-state index is 12.8. The van der Waals surface area contributed by atoms with Gasteiger partial charge in [-0.2, -0.15) is 0 Å². The third-order valence-corrected chi connectivity index (χ3v) is 7.20. The van der Waals surface area contributed by atoms with Gasteiger partial charge in [-0.05, 0) is 66.2 Å². The Morgan fingerprint density at radius 2 is 1.46 bits per heavy atom. The van der Waals surface area contributed by atoms with Gasteiger partial charge >= 0.3 is 0 Å². The van der Waals surface area contributed by atoms with Gasteiger partial charge in [-0.25, -0.2) is 0 Å². The van der Waals surface area contributed by atoms with Crippen LogP contribution >= 0.6 is 23.5 Å². The smallest absolute Gasteiger partial charge is 0.268 e. The van der Waals surface area contributed by atoms with Crippen LogP contribution in [-0.4, -0.2) is 50.1 Å². The van der Waals surface area contributed by atoms with Crippen LogP contribution in [0.15, 0.2) is 52.3 Å². The van der Waals surface area contributed by atoms with E-state index in [0.29, 0.717) is 17.3 Å². The summed E-state index contributed by atoms with van der Waals surface area (Å²) in [5, 5.41) is 9.96. The number of aryl methyl sites for hydroxylation is 2. The number of non-ortho nitro benzene ring substituents is 1. The Hall–Kier alpha value is -3.70. The van der Waals surface area contributed by atoms with E-state index in [9.17, 15) is 29.3 Å². The first kappa shape index (κ1) is 24.4. The van der Waals surface area contributed by atoms with E-state index in [1.54, 1.807) is 12.1 Å². The Morgan fingerprint density at radius 3 is 2.03 bits per heavy atom. The summed E-state index contributed by atoms with van der Waals surface area (Å²) < 4.78 is 0. The van der Waals surface area contributed by atoms with E-state index < -0.39 is 27.2 Å². The zero-order chi connectivity index (χ0) is 25.3. The van der Waals surface area contributed by atoms with Gasteiger partial charge in [0, 0.05) is 25.2 Å². The molecule has 35 heavy (non-hydrogen) atoms. The van der Waals surface area contributed by atoms with Crippen LogP contribution in [0.1, 0.15) is 22.3 Å². The van der Waals surface area contributed by atoms with E-state index in [1.807, 2.05) is 32.0 Å². The van der Waals surface area contributed by atoms with Crippen molar-refractivity contribution in [2.45, 2.75) is 13.8 Å². The van der Waals surface area contributed by atoms with Crippen LogP contribution in [0.5, 0.6) is 0 Å². The quantitative estimate of drug-likeness (QED) is 0.304. The monoisotopic (exact) mass is 509 g/mol. The molecule has 2 aliphatic heterocycles. The lowest BCUT2D eigenvalue weighted by Gasteiger charge is -2.17. The number of nitro benzene ring substituents is 1. The molecule has 9 nitrogen and oxygen atoms in total. The molecular weight excluding hydrogens is 490 g/mol. The molecule has 11 heteroatoms. The minimum Gasteiger partial charge on any atom is -0.268 e. The molecule has 4 rings (SSSR count). The van der Waals surface area contributed by atoms with Crippen molar-refractivity contribution in [2.24, 2.45) is 0 Å². The fraction of sp³-hybridized carbons (Fsp3) is 0.167. The van der Waals surface area contributed by atoms with Crippen LogP contribution in [0.3, 0.4) is 0 Å². The second-order valence-corrected chi connectivity index (χ2v) is 9.87. The lowest BCUT2D eigenvalue weighted by Crippen LogP contribution is -2.39. The van der Waals surface area contributed by atoms with Gasteiger partial charge in [0.05, 0.1) is 14.7 Å². The van der Waals surface area contributed by atoms with E-state index in [1.165, 1.54) is 24.3 Å². The molecule has 0 saturated carbocycles. The van der Waals surface area contributed by atoms with E-state index in [0.717, 1.165) is 38.3 Å². The van der Waals surface area contributed by atoms with E-state index >= 15 is 0 Å². The molecule has 0 atom stereocenters. The number of hydrogen-bond donors (Lipinski definition) is 0. The molecule has 0 radical (unpaired) electrons. The van der Waals surface area contributed by atoms with Crippen molar-refractivity contribution in [1.82, 2.24) is 9.80 Å². The Labute approximate surface area is 209 Å². The summed E-state index contributed by atoms with van der Waals surface area (Å²) in [6.07, 6.45) is 3.08. The molecule has 178 valence electrons. The first-order chi connectivity index (χ1) is 16.6. The zero-order valence-corrected chi connectivity index (χ0v) is 20.4. The van der Waals surface area contributed by atoms with Crippen molar-refractivity contribution in [3.63, 3.8) is 0 Å². The van der Waals surface area contributed by atoms with Gasteiger partial charge < -0.3 is 0 Å². The third kappa shape index (κ3) is 5.20. The molecule has 2 aromatic carbocycles. The maximum Gasteiger partial charge on any atom is 0.293 e. The Balaban J connectivity index is 1.45. The van der Waals surface area contributed by atoms with E-state index in [-0.39, 0.29) is 28.6 Å². The predicted molar refractivity (Wildman–Crippen MR) is 134 cm³/mol. The van der Waals surface area contributed by atoms with Gasteiger partial charge in [-0.3, -0.25) is 39.1 Å². The Bertz CT molecular complexity index is 1350. The van der Waals surface area contributed by atoms with Crippen LogP contribution in [0.25, 0.3) is 12.2 Å². The van der Waals surface area contributed by atoms with E-state index in [2.05, 4.69) is 0 Å². The molecule has 0 aromatic heterocycles. The van der Waals surface area contributed by atoms with Crippen LogP contribution in [0, 0.1) is 24.0 Å². The Kier molecular flexibility index (Phi) is 6.90. The van der Waals surface area contributed by atoms with Gasteiger partial charge in [-0.1, -0.05) is 35.9 Å². The zero-order valence-electron chi connectivity index (χ0n) is 18.7. The summed E-state index contributed by atoms with van der Waals surface area (Å²) in [5.74, 6) is -1.05. The highest BCUT2D eigenvalue weighted by Gasteiger charge is 2.39. The van der Waals surface area contributed by atoms with Crippen molar-refractivity contribution in [2.75, 3.05) is 13.1 Å². The second-order valence-electron chi connectivity index (χ2n) is 7.88. The van der Waals surface area contributed by atoms with Crippen molar-refractivity contribution >= 4 is 63.7 Å². The van der Waals surface area contributed by atoms with Crippen molar-refractivity contribution < 1.29 is 24.1 Å². The number of benzene rings is 2. The largest absolute Gasteiger partial charge is 0.293 e. The standard InChI is InChI=1S/C24H19N3O6S2/c1-14-6-7-17(15(2)10-14)13-20-22(29)26(24(31)35-20)9-8-25-21(28)19(34-23(25)30)12-16-4-3-5-18(11-16)27(32)33/h3-7,10-13H,8-9H2,1-2H3/b19-12-,20-13-. The minimum atomic E-state index is -0.579. The first-order valence-electron chi connectivity index (χ1n) is 10.5. The fourth-order valence-electron chi connectivity index (χ4n) is 3.59. The van der Waals surface area contributed by atoms with Gasteiger partial charge in [0.25, 0.3) is 28.0 Å². The lowest BCUT2D eigenvalue weighted by molar-refractivity contribution is -0.384. The number of carbonyl (C=O) groups excluding carboxylic acids is 4. The van der Waals surface area contributed by atoms with Gasteiger partial charge in [0.1, 0.15) is 0 Å². The third-order valence-electron chi connectivity index (χ3n) is 5.39. The number of amides is 4. The van der Waals surface area contributed by atoms with Crippen LogP contribution in [0.4, 0.5) is 15.3 Å². The second kappa shape index (κ2) is 9.88. The summed E-state index contributed by atoms with van der Waals surface area (Å²) in [6.45, 7) is 3.61. The molecule has 4 amide bonds. The molecule has 0 spiro atoms. The summed E-state index contributed by atoms with van der Waals surface area (Å²) in [4.78, 5) is 63.2. The molecule has 2 saturated heterocycles. The van der Waals surface area contributed by atoms with Crippen LogP contribution in [-0.2, 0) is 9.59 Å². The highest BCUT2D eigenvalue weighted by Crippen LogP contribution is 2.35. The molecule has 2 aromatic rings. The average molecular weight is 510 g/mol. The highest BCUT2D eigenvalue weighted by molar-refractivity contribution is 8.18. The van der Waals surface area contributed by atoms with Crippen LogP contribution in [0.2, 0.25) is 0 Å². The molecular formula is C24H19N3O6S2. The summed E-state index contributed by atoms with van der Waals surface area (Å²) in [7, 11) is 0. The highest BCUT2D eigenvalue weighted by atomic mass is 32.2. The lowest BCUT2D eigenvalue weighted by atomic mass is 10.1. The molecule has 2 heterocycles. The van der Waals surface area contributed by atoms with Gasteiger partial charge in [0.15, 0.2) is 0 Å². The molecule has 0 bridgehead atoms. The normalized spacial score (nSPS) is 18.5. The molecule has 0 aliphatic carbocycles. The van der Waals surface area contributed by atoms with Crippen LogP contribution < -0.4 is 0 Å². The minimum absolute atomic E-state index is 0.111. The summed E-state index contributed by atoms with van der Waals surface area (Å²) in [6, 6.07) is 11.5. The molecule has 2 aliphatic rings. The fourth-order valence-corrected chi connectivity index (χ4v) is 5.31. The Morgan fingerprint density at radius 1 is 0.857 bits per heavy atom. The van der Waals surface area contributed by atoms with Crippen molar-refractivity contribution in [1.29, 1.82) is 0 Å². The van der Waals surface area contributed by atoms with Gasteiger partial charge in [-0.15, -0.1) is 0 Å². The van der Waals surface area contributed by atoms with Crippen molar-refractivity contribution in [3.05, 3.63) is 84.6 Å². The molecule has 2 fully saturated rings. The maximum absolute atomic E-state index is 12.8. The number of hydrogen-bond acceptors (Lipinski definition) is 8. The first-order valence-corrected chi connectivity index (χ1v) is 12.1. The average Bonchev–Trinajstić information content (AvgIpc) is 3.22. The SMILES string of the molecule is Cc1ccc(/C=C2\SC(=O)N(CCN3C(=O)S/C(=C\c4cccc([N+](=O)[O-])c4)C3=O)C2=O)c(C)c1. The van der Waals surface area contributed by atoms with Crippen molar-refractivity contribution in [3.8, 4) is 0 Å². The number of rotatable bonds is 6. The summed E-state index contributed by atoms with van der Waals surface area (Å²) >= 11 is 1.52. The number of imide groups is 2. The van der Waals surface area contributed by atoms with E-state index in [4.69, 9.17) is 0 Å². The molecule has 0 unspecified atom stereocenters. The number of carbonyl (C=O) groups is 4.